The van der Waals surface area contributed by atoms with Crippen LogP contribution < -0.4 is 21.1 Å². The molecule has 2 fully saturated rings. The zero-order valence-electron chi connectivity index (χ0n) is 18.0. The normalized spacial score (nSPS) is 16.4. The molecule has 0 spiro atoms. The summed E-state index contributed by atoms with van der Waals surface area (Å²) in [6.07, 6.45) is 9.01. The third-order valence-electron chi connectivity index (χ3n) is 5.76. The predicted molar refractivity (Wildman–Crippen MR) is 121 cm³/mol. The van der Waals surface area contributed by atoms with Crippen LogP contribution in [0.5, 0.6) is 0 Å². The second kappa shape index (κ2) is 9.30. The summed E-state index contributed by atoms with van der Waals surface area (Å²) >= 11 is 0. The molecule has 9 heteroatoms. The van der Waals surface area contributed by atoms with E-state index < -0.39 is 0 Å². The Morgan fingerprint density at radius 1 is 1.29 bits per heavy atom. The Morgan fingerprint density at radius 3 is 2.81 bits per heavy atom. The van der Waals surface area contributed by atoms with Crippen LogP contribution in [0.1, 0.15) is 12.8 Å². The molecular formula is C22H29N7O2. The first kappa shape index (κ1) is 21.0. The number of hydrogen-bond acceptors (Lipinski definition) is 7. The lowest BCUT2D eigenvalue weighted by Crippen LogP contribution is -2.62. The number of hydrogen-bond donors (Lipinski definition) is 3. The number of likely N-dealkylation sites (tertiary alicyclic amines) is 1. The van der Waals surface area contributed by atoms with Crippen molar-refractivity contribution < 1.29 is 4.79 Å². The molecule has 0 radical (unpaired) electrons. The number of aromatic amines is 1. The number of aromatic nitrogens is 3. The number of nitrogens with one attached hydrogen (secondary N) is 3. The molecule has 1 saturated carbocycles. The van der Waals surface area contributed by atoms with Crippen molar-refractivity contribution in [3.63, 3.8) is 0 Å². The van der Waals surface area contributed by atoms with E-state index in [-0.39, 0.29) is 17.5 Å². The number of pyridine rings is 1. The Balaban J connectivity index is 1.54. The van der Waals surface area contributed by atoms with E-state index in [2.05, 4.69) is 30.5 Å². The van der Waals surface area contributed by atoms with E-state index in [4.69, 9.17) is 0 Å². The highest BCUT2D eigenvalue weighted by Crippen LogP contribution is 2.33. The van der Waals surface area contributed by atoms with Crippen molar-refractivity contribution in [1.29, 1.82) is 0 Å². The van der Waals surface area contributed by atoms with Crippen LogP contribution in [0.15, 0.2) is 41.6 Å². The summed E-state index contributed by atoms with van der Waals surface area (Å²) in [5.74, 6) is 1.34. The summed E-state index contributed by atoms with van der Waals surface area (Å²) in [4.78, 5) is 40.5. The largest absolute Gasteiger partial charge is 0.373 e. The van der Waals surface area contributed by atoms with E-state index in [1.54, 1.807) is 19.3 Å². The number of amides is 1. The van der Waals surface area contributed by atoms with Crippen molar-refractivity contribution in [2.75, 3.05) is 50.5 Å². The van der Waals surface area contributed by atoms with Crippen LogP contribution in [0.25, 0.3) is 11.3 Å². The number of H-pyrrole nitrogens is 1. The number of nitrogens with zero attached hydrogens (tertiary/aromatic N) is 4. The molecule has 0 aromatic carbocycles. The molecule has 2 aliphatic rings. The number of anilines is 2. The van der Waals surface area contributed by atoms with Crippen molar-refractivity contribution in [3.05, 3.63) is 47.2 Å². The number of rotatable bonds is 9. The minimum atomic E-state index is -0.119. The molecule has 4 rings (SSSR count). The van der Waals surface area contributed by atoms with Gasteiger partial charge in [-0.25, -0.2) is 9.97 Å². The lowest BCUT2D eigenvalue weighted by atomic mass is 10.0. The molecule has 9 nitrogen and oxygen atoms in total. The van der Waals surface area contributed by atoms with Crippen LogP contribution in [0.4, 0.5) is 11.5 Å². The highest BCUT2D eigenvalue weighted by atomic mass is 16.2. The molecule has 2 aromatic rings. The minimum Gasteiger partial charge on any atom is -0.373 e. The molecule has 0 bridgehead atoms. The molecule has 0 unspecified atom stereocenters. The molecule has 3 heterocycles. The molecule has 1 aliphatic carbocycles. The van der Waals surface area contributed by atoms with Crippen molar-refractivity contribution in [2.45, 2.75) is 18.9 Å². The molecule has 1 aliphatic heterocycles. The van der Waals surface area contributed by atoms with E-state index >= 15 is 0 Å². The summed E-state index contributed by atoms with van der Waals surface area (Å²) in [6.45, 7) is 2.74. The van der Waals surface area contributed by atoms with Crippen LogP contribution in [0.3, 0.4) is 0 Å². The van der Waals surface area contributed by atoms with Gasteiger partial charge in [0.1, 0.15) is 17.8 Å². The second-order valence-corrected chi connectivity index (χ2v) is 8.09. The maximum Gasteiger partial charge on any atom is 0.271 e. The predicted octanol–water partition coefficient (Wildman–Crippen LogP) is 1.08. The van der Waals surface area contributed by atoms with Gasteiger partial charge in [-0.15, -0.1) is 0 Å². The maximum atomic E-state index is 12.8. The fraction of sp³-hybridized carbons (Fsp3) is 0.455. The van der Waals surface area contributed by atoms with Crippen LogP contribution in [0.2, 0.25) is 0 Å². The Morgan fingerprint density at radius 2 is 2.10 bits per heavy atom. The van der Waals surface area contributed by atoms with Gasteiger partial charge in [0.25, 0.3) is 5.56 Å². The highest BCUT2D eigenvalue weighted by Gasteiger charge is 2.37. The van der Waals surface area contributed by atoms with E-state index in [9.17, 15) is 9.59 Å². The molecular weight excluding hydrogens is 394 g/mol. The zero-order valence-corrected chi connectivity index (χ0v) is 18.0. The summed E-state index contributed by atoms with van der Waals surface area (Å²) < 4.78 is 0. The van der Waals surface area contributed by atoms with Gasteiger partial charge in [0.05, 0.1) is 11.7 Å². The van der Waals surface area contributed by atoms with Gasteiger partial charge in [0.15, 0.2) is 0 Å². The smallest absolute Gasteiger partial charge is 0.271 e. The zero-order chi connectivity index (χ0) is 21.8. The lowest BCUT2D eigenvalue weighted by Gasteiger charge is -2.46. The van der Waals surface area contributed by atoms with Gasteiger partial charge in [0, 0.05) is 57.1 Å². The Kier molecular flexibility index (Phi) is 6.31. The molecule has 1 amide bonds. The van der Waals surface area contributed by atoms with E-state index in [0.29, 0.717) is 37.1 Å². The van der Waals surface area contributed by atoms with Gasteiger partial charge in [-0.2, -0.15) is 0 Å². The van der Waals surface area contributed by atoms with Crippen LogP contribution in [0, 0.1) is 5.92 Å². The van der Waals surface area contributed by atoms with Gasteiger partial charge in [0.2, 0.25) is 5.91 Å². The van der Waals surface area contributed by atoms with E-state index in [0.717, 1.165) is 17.8 Å². The first-order chi connectivity index (χ1) is 15.1. The number of likely N-dealkylation sites (N-methyl/N-ethyl adjacent to an activating group) is 1. The van der Waals surface area contributed by atoms with Gasteiger partial charge < -0.3 is 25.4 Å². The molecule has 164 valence electrons. The summed E-state index contributed by atoms with van der Waals surface area (Å²) in [7, 11) is 3.65. The Labute approximate surface area is 181 Å². The second-order valence-electron chi connectivity index (χ2n) is 8.09. The molecule has 0 atom stereocenters. The SMILES string of the molecule is CNCC=CC(=O)N1CC(N(CC2CC2)c2cc(-c3cc(NC)ncn3)c[nH]c2=O)C1. The van der Waals surface area contributed by atoms with Crippen LogP contribution in [-0.4, -0.2) is 72.1 Å². The van der Waals surface area contributed by atoms with Gasteiger partial charge >= 0.3 is 0 Å². The third-order valence-corrected chi connectivity index (χ3v) is 5.76. The molecule has 31 heavy (non-hydrogen) atoms. The fourth-order valence-corrected chi connectivity index (χ4v) is 3.72. The summed E-state index contributed by atoms with van der Waals surface area (Å²) in [6, 6.07) is 3.89. The van der Waals surface area contributed by atoms with Crippen molar-refractivity contribution in [1.82, 2.24) is 25.2 Å². The molecule has 2 aromatic heterocycles. The minimum absolute atomic E-state index is 0.0149. The first-order valence-corrected chi connectivity index (χ1v) is 10.7. The van der Waals surface area contributed by atoms with Crippen molar-refractivity contribution in [2.24, 2.45) is 5.92 Å². The van der Waals surface area contributed by atoms with Crippen molar-refractivity contribution >= 4 is 17.4 Å². The number of carbonyl (C=O) groups excluding carboxylic acids is 1. The van der Waals surface area contributed by atoms with E-state index in [1.165, 1.54) is 19.2 Å². The third kappa shape index (κ3) is 4.93. The van der Waals surface area contributed by atoms with Gasteiger partial charge in [-0.05, 0) is 31.9 Å². The lowest BCUT2D eigenvalue weighted by molar-refractivity contribution is -0.130. The monoisotopic (exact) mass is 423 g/mol. The van der Waals surface area contributed by atoms with Crippen LogP contribution >= 0.6 is 0 Å². The van der Waals surface area contributed by atoms with E-state index in [1.807, 2.05) is 30.2 Å². The maximum absolute atomic E-state index is 12.8. The number of carbonyl (C=O) groups is 1. The van der Waals surface area contributed by atoms with Crippen molar-refractivity contribution in [3.8, 4) is 11.3 Å². The topological polar surface area (TPSA) is 106 Å². The Hall–Kier alpha value is -3.20. The average molecular weight is 424 g/mol. The van der Waals surface area contributed by atoms with Gasteiger partial charge in [-0.1, -0.05) is 6.08 Å². The van der Waals surface area contributed by atoms with Gasteiger partial charge in [-0.3, -0.25) is 9.59 Å². The highest BCUT2D eigenvalue weighted by molar-refractivity contribution is 5.88. The fourth-order valence-electron chi connectivity index (χ4n) is 3.72. The van der Waals surface area contributed by atoms with Crippen LogP contribution in [-0.2, 0) is 4.79 Å². The quantitative estimate of drug-likeness (QED) is 0.518. The Bertz CT molecular complexity index is 1010. The first-order valence-electron chi connectivity index (χ1n) is 10.7. The molecule has 1 saturated heterocycles. The molecule has 3 N–H and O–H groups in total. The summed E-state index contributed by atoms with van der Waals surface area (Å²) in [5, 5.41) is 6.00. The summed E-state index contributed by atoms with van der Waals surface area (Å²) in [5.41, 5.74) is 2.09. The standard InChI is InChI=1S/C22H29N7O2/c1-23-7-3-4-21(30)28-12-17(13-28)29(11-15-5-6-15)19-8-16(10-25-22(19)31)18-9-20(24-2)27-14-26-18/h3-4,8-10,14-15,17,23H,5-7,11-13H2,1-2H3,(H,25,31)(H,24,26,27). The average Bonchev–Trinajstić information content (AvgIpc) is 3.57.